The van der Waals surface area contributed by atoms with E-state index in [1.54, 1.807) is 44.7 Å². The zero-order valence-electron chi connectivity index (χ0n) is 13.5. The number of fused-ring (bicyclic) bond motifs is 2. The number of hydrogen-bond donors (Lipinski definition) is 2. The molecule has 3 aromatic heterocycles. The molecule has 3 aromatic rings. The van der Waals surface area contributed by atoms with Gasteiger partial charge in [0.05, 0.1) is 24.5 Å². The second-order valence-corrected chi connectivity index (χ2v) is 6.01. The van der Waals surface area contributed by atoms with E-state index in [4.69, 9.17) is 5.11 Å². The molecule has 4 rings (SSSR count). The Labute approximate surface area is 143 Å². The van der Waals surface area contributed by atoms with Gasteiger partial charge >= 0.3 is 0 Å². The third-order valence-corrected chi connectivity index (χ3v) is 4.29. The van der Waals surface area contributed by atoms with Gasteiger partial charge in [0.1, 0.15) is 6.10 Å². The van der Waals surface area contributed by atoms with Crippen molar-refractivity contribution in [2.75, 3.05) is 13.2 Å². The molecule has 4 heterocycles. The zero-order chi connectivity index (χ0) is 17.4. The molecule has 130 valence electrons. The van der Waals surface area contributed by atoms with E-state index in [9.17, 15) is 9.90 Å². The molecule has 1 atom stereocenters. The van der Waals surface area contributed by atoms with E-state index in [1.807, 2.05) is 0 Å². The number of nitrogens with zero attached hydrogens (tertiary/aromatic N) is 6. The summed E-state index contributed by atoms with van der Waals surface area (Å²) in [6.45, 7) is 1.25. The molecule has 9 heteroatoms. The minimum absolute atomic E-state index is 0.163. The SMILES string of the molecule is O=C(c1cc2ncccn2n1)N1CCCn2nc([C@H](O)CO)cc2C1. The molecule has 1 amide bonds. The lowest BCUT2D eigenvalue weighted by Gasteiger charge is -2.18. The third-order valence-electron chi connectivity index (χ3n) is 4.29. The Morgan fingerprint density at radius 2 is 2.16 bits per heavy atom. The quantitative estimate of drug-likeness (QED) is 0.693. The first-order chi connectivity index (χ1) is 12.2. The van der Waals surface area contributed by atoms with E-state index in [0.717, 1.165) is 12.1 Å². The van der Waals surface area contributed by atoms with E-state index in [-0.39, 0.29) is 12.5 Å². The summed E-state index contributed by atoms with van der Waals surface area (Å²) in [7, 11) is 0. The fourth-order valence-electron chi connectivity index (χ4n) is 3.01. The van der Waals surface area contributed by atoms with E-state index in [2.05, 4.69) is 15.2 Å². The number of aromatic nitrogens is 5. The monoisotopic (exact) mass is 342 g/mol. The Bertz CT molecular complexity index is 885. The van der Waals surface area contributed by atoms with Gasteiger partial charge in [-0.2, -0.15) is 10.2 Å². The molecule has 0 unspecified atom stereocenters. The number of aliphatic hydroxyl groups is 2. The van der Waals surface area contributed by atoms with E-state index < -0.39 is 6.10 Å². The summed E-state index contributed by atoms with van der Waals surface area (Å²) in [6.07, 6.45) is 3.15. The molecule has 0 saturated carbocycles. The topological polar surface area (TPSA) is 109 Å². The Balaban J connectivity index is 1.60. The van der Waals surface area contributed by atoms with Crippen molar-refractivity contribution < 1.29 is 15.0 Å². The summed E-state index contributed by atoms with van der Waals surface area (Å²) in [4.78, 5) is 18.7. The Morgan fingerprint density at radius 3 is 2.96 bits per heavy atom. The number of carbonyl (C=O) groups excluding carboxylic acids is 1. The van der Waals surface area contributed by atoms with Crippen molar-refractivity contribution in [2.45, 2.75) is 25.6 Å². The Morgan fingerprint density at radius 1 is 1.28 bits per heavy atom. The maximum Gasteiger partial charge on any atom is 0.274 e. The van der Waals surface area contributed by atoms with Crippen molar-refractivity contribution in [1.82, 2.24) is 29.3 Å². The largest absolute Gasteiger partial charge is 0.393 e. The molecular weight excluding hydrogens is 324 g/mol. The highest BCUT2D eigenvalue weighted by Crippen LogP contribution is 2.19. The molecule has 1 aliphatic heterocycles. The van der Waals surface area contributed by atoms with Crippen LogP contribution in [0, 0.1) is 0 Å². The van der Waals surface area contributed by atoms with Gasteiger partial charge in [-0.15, -0.1) is 0 Å². The summed E-state index contributed by atoms with van der Waals surface area (Å²) >= 11 is 0. The maximum atomic E-state index is 12.8. The Kier molecular flexibility index (Phi) is 3.94. The smallest absolute Gasteiger partial charge is 0.274 e. The summed E-state index contributed by atoms with van der Waals surface area (Å²) < 4.78 is 3.36. The molecule has 0 aliphatic carbocycles. The molecule has 2 N–H and O–H groups in total. The molecule has 0 bridgehead atoms. The fourth-order valence-corrected chi connectivity index (χ4v) is 3.01. The van der Waals surface area contributed by atoms with Crippen LogP contribution in [0.5, 0.6) is 0 Å². The van der Waals surface area contributed by atoms with Crippen molar-refractivity contribution in [3.05, 3.63) is 47.7 Å². The van der Waals surface area contributed by atoms with Crippen LogP contribution < -0.4 is 0 Å². The van der Waals surface area contributed by atoms with Gasteiger partial charge in [0.25, 0.3) is 5.91 Å². The van der Waals surface area contributed by atoms with Gasteiger partial charge in [-0.3, -0.25) is 9.48 Å². The first kappa shape index (κ1) is 15.7. The second kappa shape index (κ2) is 6.26. The summed E-state index contributed by atoms with van der Waals surface area (Å²) in [6, 6.07) is 5.16. The number of amides is 1. The average Bonchev–Trinajstić information content (AvgIpc) is 3.19. The van der Waals surface area contributed by atoms with Crippen molar-refractivity contribution >= 4 is 11.6 Å². The van der Waals surface area contributed by atoms with Gasteiger partial charge < -0.3 is 15.1 Å². The predicted molar refractivity (Wildman–Crippen MR) is 86.6 cm³/mol. The molecule has 25 heavy (non-hydrogen) atoms. The second-order valence-electron chi connectivity index (χ2n) is 6.01. The first-order valence-electron chi connectivity index (χ1n) is 8.11. The lowest BCUT2D eigenvalue weighted by atomic mass is 10.2. The predicted octanol–water partition coefficient (Wildman–Crippen LogP) is -0.00240. The average molecular weight is 342 g/mol. The van der Waals surface area contributed by atoms with Crippen LogP contribution in [0.2, 0.25) is 0 Å². The van der Waals surface area contributed by atoms with Crippen LogP contribution in [0.1, 0.15) is 34.4 Å². The molecule has 1 aliphatic rings. The van der Waals surface area contributed by atoms with Crippen molar-refractivity contribution in [1.29, 1.82) is 0 Å². The number of rotatable bonds is 3. The van der Waals surface area contributed by atoms with Gasteiger partial charge in [-0.05, 0) is 18.6 Å². The van der Waals surface area contributed by atoms with Crippen LogP contribution >= 0.6 is 0 Å². The van der Waals surface area contributed by atoms with Gasteiger partial charge in [-0.25, -0.2) is 9.50 Å². The highest BCUT2D eigenvalue weighted by Gasteiger charge is 2.24. The normalized spacial score (nSPS) is 15.8. The molecular formula is C16H18N6O3. The highest BCUT2D eigenvalue weighted by atomic mass is 16.3. The minimum Gasteiger partial charge on any atom is -0.393 e. The van der Waals surface area contributed by atoms with Gasteiger partial charge in [0.2, 0.25) is 0 Å². The minimum atomic E-state index is -1.01. The maximum absolute atomic E-state index is 12.8. The van der Waals surface area contributed by atoms with Gasteiger partial charge in [0, 0.05) is 31.5 Å². The molecule has 0 spiro atoms. The molecule has 0 aromatic carbocycles. The molecule has 0 radical (unpaired) electrons. The standard InChI is InChI=1S/C16H18N6O3/c23-10-14(24)12-7-11-9-20(4-2-6-21(11)18-12)16(25)13-8-15-17-3-1-5-22(15)19-13/h1,3,5,7-8,14,23-24H,2,4,6,9-10H2/t14-/m1/s1. The van der Waals surface area contributed by atoms with Crippen LogP contribution in [-0.4, -0.2) is 58.6 Å². The lowest BCUT2D eigenvalue weighted by molar-refractivity contribution is 0.0739. The number of hydrogen-bond acceptors (Lipinski definition) is 6. The zero-order valence-corrected chi connectivity index (χ0v) is 13.5. The molecule has 9 nitrogen and oxygen atoms in total. The van der Waals surface area contributed by atoms with Crippen molar-refractivity contribution in [2.24, 2.45) is 0 Å². The van der Waals surface area contributed by atoms with E-state index >= 15 is 0 Å². The summed E-state index contributed by atoms with van der Waals surface area (Å²) in [5, 5.41) is 27.4. The van der Waals surface area contributed by atoms with E-state index in [0.29, 0.717) is 36.7 Å². The van der Waals surface area contributed by atoms with Crippen LogP contribution in [-0.2, 0) is 13.1 Å². The van der Waals surface area contributed by atoms with Gasteiger partial charge in [-0.1, -0.05) is 0 Å². The summed E-state index contributed by atoms with van der Waals surface area (Å²) in [5.74, 6) is -0.163. The molecule has 0 fully saturated rings. The summed E-state index contributed by atoms with van der Waals surface area (Å²) in [5.41, 5.74) is 2.22. The Hall–Kier alpha value is -2.78. The van der Waals surface area contributed by atoms with Gasteiger partial charge in [0.15, 0.2) is 11.3 Å². The van der Waals surface area contributed by atoms with Crippen molar-refractivity contribution in [3.63, 3.8) is 0 Å². The molecule has 0 saturated heterocycles. The van der Waals surface area contributed by atoms with Crippen LogP contribution in [0.4, 0.5) is 0 Å². The first-order valence-corrected chi connectivity index (χ1v) is 8.11. The highest BCUT2D eigenvalue weighted by molar-refractivity contribution is 5.93. The lowest BCUT2D eigenvalue weighted by Crippen LogP contribution is -2.31. The third kappa shape index (κ3) is 2.87. The van der Waals surface area contributed by atoms with Crippen LogP contribution in [0.15, 0.2) is 30.6 Å². The number of aryl methyl sites for hydroxylation is 1. The number of carbonyl (C=O) groups is 1. The van der Waals surface area contributed by atoms with Crippen LogP contribution in [0.25, 0.3) is 5.65 Å². The van der Waals surface area contributed by atoms with E-state index in [1.165, 1.54) is 0 Å². The fraction of sp³-hybridized carbons (Fsp3) is 0.375. The van der Waals surface area contributed by atoms with Crippen LogP contribution in [0.3, 0.4) is 0 Å². The van der Waals surface area contributed by atoms with Crippen molar-refractivity contribution in [3.8, 4) is 0 Å². The number of aliphatic hydroxyl groups excluding tert-OH is 2.